The van der Waals surface area contributed by atoms with Gasteiger partial charge in [0, 0.05) is 26.2 Å². The molecule has 1 aliphatic rings. The van der Waals surface area contributed by atoms with Crippen molar-refractivity contribution in [2.75, 3.05) is 37.8 Å². The topological polar surface area (TPSA) is 96.2 Å². The van der Waals surface area contributed by atoms with Crippen LogP contribution in [0.3, 0.4) is 0 Å². The maximum atomic E-state index is 11.1. The first-order valence-corrected chi connectivity index (χ1v) is 7.24. The molecule has 1 aromatic rings. The number of nitrogens with one attached hydrogen (secondary N) is 2. The quantitative estimate of drug-likeness (QED) is 0.583. The van der Waals surface area contributed by atoms with Crippen molar-refractivity contribution in [1.29, 1.82) is 0 Å². The Morgan fingerprint density at radius 2 is 2.05 bits per heavy atom. The fourth-order valence-electron chi connectivity index (χ4n) is 2.74. The van der Waals surface area contributed by atoms with Gasteiger partial charge in [0.1, 0.15) is 6.33 Å². The van der Waals surface area contributed by atoms with E-state index in [9.17, 15) is 10.1 Å². The monoisotopic (exact) mass is 294 g/mol. The first-order chi connectivity index (χ1) is 10.1. The van der Waals surface area contributed by atoms with Crippen LogP contribution in [-0.2, 0) is 0 Å². The highest BCUT2D eigenvalue weighted by atomic mass is 16.6. The summed E-state index contributed by atoms with van der Waals surface area (Å²) >= 11 is 0. The summed E-state index contributed by atoms with van der Waals surface area (Å²) in [4.78, 5) is 20.8. The van der Waals surface area contributed by atoms with Gasteiger partial charge < -0.3 is 15.5 Å². The van der Waals surface area contributed by atoms with Gasteiger partial charge in [0.05, 0.1) is 4.92 Å². The molecular formula is C13H22N6O2. The summed E-state index contributed by atoms with van der Waals surface area (Å²) in [5.41, 5.74) is -0.108. The molecule has 116 valence electrons. The number of rotatable bonds is 7. The molecule has 1 aliphatic carbocycles. The Morgan fingerprint density at radius 3 is 2.67 bits per heavy atom. The van der Waals surface area contributed by atoms with Crippen molar-refractivity contribution in [1.82, 2.24) is 14.9 Å². The van der Waals surface area contributed by atoms with Crippen LogP contribution in [0.5, 0.6) is 0 Å². The van der Waals surface area contributed by atoms with Crippen LogP contribution in [0.15, 0.2) is 6.33 Å². The highest BCUT2D eigenvalue weighted by Crippen LogP contribution is 2.28. The second kappa shape index (κ2) is 7.16. The summed E-state index contributed by atoms with van der Waals surface area (Å²) in [5, 5.41) is 16.9. The maximum Gasteiger partial charge on any atom is 0.353 e. The number of hydrogen-bond acceptors (Lipinski definition) is 7. The second-order valence-electron chi connectivity index (χ2n) is 5.27. The fourth-order valence-corrected chi connectivity index (χ4v) is 2.74. The van der Waals surface area contributed by atoms with Crippen LogP contribution in [0.1, 0.15) is 25.7 Å². The van der Waals surface area contributed by atoms with Crippen molar-refractivity contribution in [2.45, 2.75) is 31.7 Å². The first kappa shape index (κ1) is 15.4. The molecule has 0 atom stereocenters. The zero-order valence-electron chi connectivity index (χ0n) is 12.5. The SMILES string of the molecule is CNc1ncnc(NCCN(C)C2CCCC2)c1[N+](=O)[O-]. The number of hydrogen-bond donors (Lipinski definition) is 2. The van der Waals surface area contributed by atoms with E-state index in [0.29, 0.717) is 12.6 Å². The Bertz CT molecular complexity index is 490. The lowest BCUT2D eigenvalue weighted by Gasteiger charge is -2.23. The molecule has 8 nitrogen and oxygen atoms in total. The molecule has 0 aliphatic heterocycles. The predicted molar refractivity (Wildman–Crippen MR) is 81.6 cm³/mol. The van der Waals surface area contributed by atoms with Gasteiger partial charge in [-0.05, 0) is 19.9 Å². The van der Waals surface area contributed by atoms with Crippen molar-refractivity contribution in [3.63, 3.8) is 0 Å². The van der Waals surface area contributed by atoms with Crippen molar-refractivity contribution in [3.8, 4) is 0 Å². The van der Waals surface area contributed by atoms with Gasteiger partial charge in [-0.15, -0.1) is 0 Å². The summed E-state index contributed by atoms with van der Waals surface area (Å²) in [6.45, 7) is 1.45. The highest BCUT2D eigenvalue weighted by molar-refractivity contribution is 5.68. The lowest BCUT2D eigenvalue weighted by molar-refractivity contribution is -0.383. The summed E-state index contributed by atoms with van der Waals surface area (Å²) in [6.07, 6.45) is 6.40. The molecule has 0 unspecified atom stereocenters. The van der Waals surface area contributed by atoms with Crippen LogP contribution in [0.2, 0.25) is 0 Å². The Kier molecular flexibility index (Phi) is 5.26. The van der Waals surface area contributed by atoms with E-state index in [2.05, 4.69) is 32.5 Å². The largest absolute Gasteiger partial charge is 0.367 e. The van der Waals surface area contributed by atoms with Gasteiger partial charge in [0.15, 0.2) is 0 Å². The Morgan fingerprint density at radius 1 is 1.38 bits per heavy atom. The van der Waals surface area contributed by atoms with E-state index < -0.39 is 4.92 Å². The molecule has 8 heteroatoms. The second-order valence-corrected chi connectivity index (χ2v) is 5.27. The van der Waals surface area contributed by atoms with Crippen LogP contribution in [0, 0.1) is 10.1 Å². The number of aromatic nitrogens is 2. The minimum absolute atomic E-state index is 0.108. The van der Waals surface area contributed by atoms with Gasteiger partial charge in [-0.3, -0.25) is 10.1 Å². The van der Waals surface area contributed by atoms with E-state index in [1.807, 2.05) is 0 Å². The molecule has 21 heavy (non-hydrogen) atoms. The summed E-state index contributed by atoms with van der Waals surface area (Å²) in [7, 11) is 3.71. The third-order valence-electron chi connectivity index (χ3n) is 3.95. The van der Waals surface area contributed by atoms with E-state index in [1.54, 1.807) is 7.05 Å². The van der Waals surface area contributed by atoms with Crippen LogP contribution in [0.4, 0.5) is 17.3 Å². The lowest BCUT2D eigenvalue weighted by Crippen LogP contribution is -2.33. The van der Waals surface area contributed by atoms with Crippen LogP contribution in [0.25, 0.3) is 0 Å². The highest BCUT2D eigenvalue weighted by Gasteiger charge is 2.23. The van der Waals surface area contributed by atoms with E-state index >= 15 is 0 Å². The molecule has 0 radical (unpaired) electrons. The molecule has 1 aromatic heterocycles. The lowest BCUT2D eigenvalue weighted by atomic mass is 10.2. The fraction of sp³-hybridized carbons (Fsp3) is 0.692. The molecule has 0 saturated heterocycles. The molecular weight excluding hydrogens is 272 g/mol. The Balaban J connectivity index is 1.95. The van der Waals surface area contributed by atoms with E-state index in [4.69, 9.17) is 0 Å². The van der Waals surface area contributed by atoms with Crippen molar-refractivity contribution in [2.24, 2.45) is 0 Å². The summed E-state index contributed by atoms with van der Waals surface area (Å²) in [6, 6.07) is 0.639. The van der Waals surface area contributed by atoms with Crippen molar-refractivity contribution < 1.29 is 4.92 Å². The van der Waals surface area contributed by atoms with Gasteiger partial charge in [-0.1, -0.05) is 12.8 Å². The number of nitrogens with zero attached hydrogens (tertiary/aromatic N) is 4. The third-order valence-corrected chi connectivity index (χ3v) is 3.95. The van der Waals surface area contributed by atoms with Crippen LogP contribution < -0.4 is 10.6 Å². The zero-order chi connectivity index (χ0) is 15.2. The minimum Gasteiger partial charge on any atom is -0.367 e. The molecule has 0 spiro atoms. The average molecular weight is 294 g/mol. The minimum atomic E-state index is -0.463. The molecule has 1 saturated carbocycles. The normalized spacial score (nSPS) is 15.4. The summed E-state index contributed by atoms with van der Waals surface area (Å²) in [5.74, 6) is 0.487. The molecule has 2 N–H and O–H groups in total. The van der Waals surface area contributed by atoms with E-state index in [0.717, 1.165) is 6.54 Å². The van der Waals surface area contributed by atoms with Gasteiger partial charge in [-0.25, -0.2) is 9.97 Å². The average Bonchev–Trinajstić information content (AvgIpc) is 3.00. The molecule has 0 aromatic carbocycles. The first-order valence-electron chi connectivity index (χ1n) is 7.24. The molecule has 1 heterocycles. The Labute approximate surface area is 124 Å². The van der Waals surface area contributed by atoms with Gasteiger partial charge >= 0.3 is 5.69 Å². The van der Waals surface area contributed by atoms with Crippen molar-refractivity contribution in [3.05, 3.63) is 16.4 Å². The van der Waals surface area contributed by atoms with E-state index in [-0.39, 0.29) is 17.3 Å². The maximum absolute atomic E-state index is 11.1. The predicted octanol–water partition coefficient (Wildman–Crippen LogP) is 1.71. The standard InChI is InChI=1S/C13H22N6O2/c1-14-12-11(19(20)21)13(17-9-16-12)15-7-8-18(2)10-5-3-4-6-10/h9-10H,3-8H2,1-2H3,(H2,14,15,16,17). The molecule has 1 fully saturated rings. The van der Waals surface area contributed by atoms with Crippen molar-refractivity contribution >= 4 is 17.3 Å². The van der Waals surface area contributed by atoms with Crippen LogP contribution >= 0.6 is 0 Å². The smallest absolute Gasteiger partial charge is 0.353 e. The molecule has 0 amide bonds. The van der Waals surface area contributed by atoms with E-state index in [1.165, 1.54) is 32.0 Å². The van der Waals surface area contributed by atoms with Crippen LogP contribution in [-0.4, -0.2) is 53.0 Å². The third kappa shape index (κ3) is 3.78. The molecule has 0 bridgehead atoms. The Hall–Kier alpha value is -1.96. The van der Waals surface area contributed by atoms with Gasteiger partial charge in [0.25, 0.3) is 0 Å². The van der Waals surface area contributed by atoms with Gasteiger partial charge in [0.2, 0.25) is 11.6 Å². The summed E-state index contributed by atoms with van der Waals surface area (Å²) < 4.78 is 0. The van der Waals surface area contributed by atoms with Gasteiger partial charge in [-0.2, -0.15) is 0 Å². The molecule has 2 rings (SSSR count). The number of likely N-dealkylation sites (N-methyl/N-ethyl adjacent to an activating group) is 1. The zero-order valence-corrected chi connectivity index (χ0v) is 12.5. The number of nitro groups is 1. The number of anilines is 2.